The van der Waals surface area contributed by atoms with Gasteiger partial charge in [-0.15, -0.1) is 0 Å². The van der Waals surface area contributed by atoms with E-state index in [9.17, 15) is 18.4 Å². The molecule has 1 aromatic rings. The Hall–Kier alpha value is -1.72. The van der Waals surface area contributed by atoms with Crippen LogP contribution in [0.2, 0.25) is 0 Å². The van der Waals surface area contributed by atoms with Crippen molar-refractivity contribution < 1.29 is 18.7 Å². The summed E-state index contributed by atoms with van der Waals surface area (Å²) in [6, 6.07) is 0.783. The van der Waals surface area contributed by atoms with E-state index < -0.39 is 29.9 Å². The molecule has 0 aliphatic rings. The minimum atomic E-state index is -2.81. The minimum Gasteiger partial charge on any atom is -0.481 e. The number of halogens is 2. The van der Waals surface area contributed by atoms with Crippen molar-refractivity contribution in [2.45, 2.75) is 19.8 Å². The van der Waals surface area contributed by atoms with E-state index in [2.05, 4.69) is 4.98 Å². The number of hydrogen-bond acceptors (Lipinski definition) is 2. The van der Waals surface area contributed by atoms with Crippen molar-refractivity contribution in [3.05, 3.63) is 33.2 Å². The Morgan fingerprint density at radius 2 is 2.20 bits per heavy atom. The van der Waals surface area contributed by atoms with Crippen LogP contribution in [0.15, 0.2) is 10.9 Å². The molecular weight excluding hydrogens is 208 g/mol. The van der Waals surface area contributed by atoms with Gasteiger partial charge in [-0.1, -0.05) is 0 Å². The van der Waals surface area contributed by atoms with Crippen LogP contribution in [0.4, 0.5) is 8.78 Å². The molecule has 0 unspecified atom stereocenters. The predicted molar refractivity (Wildman–Crippen MR) is 48.1 cm³/mol. The number of nitrogens with one attached hydrogen (secondary N) is 1. The number of rotatable bonds is 3. The molecule has 0 fully saturated rings. The molecule has 0 saturated carbocycles. The minimum absolute atomic E-state index is 0.0188. The molecule has 0 aliphatic carbocycles. The van der Waals surface area contributed by atoms with E-state index in [0.717, 1.165) is 6.07 Å². The van der Waals surface area contributed by atoms with E-state index in [-0.39, 0.29) is 11.3 Å². The van der Waals surface area contributed by atoms with E-state index in [0.29, 0.717) is 0 Å². The largest absolute Gasteiger partial charge is 0.481 e. The number of carboxylic acid groups (broad SMARTS) is 1. The van der Waals surface area contributed by atoms with Gasteiger partial charge in [-0.2, -0.15) is 0 Å². The molecule has 4 nitrogen and oxygen atoms in total. The highest BCUT2D eigenvalue weighted by Crippen LogP contribution is 2.15. The fourth-order valence-corrected chi connectivity index (χ4v) is 1.15. The molecule has 0 spiro atoms. The van der Waals surface area contributed by atoms with Gasteiger partial charge in [-0.3, -0.25) is 9.59 Å². The van der Waals surface area contributed by atoms with Gasteiger partial charge in [0.2, 0.25) is 0 Å². The molecular formula is C9H9F2NO3. The Kier molecular flexibility index (Phi) is 3.18. The first-order valence-electron chi connectivity index (χ1n) is 4.14. The van der Waals surface area contributed by atoms with Crippen LogP contribution in [-0.4, -0.2) is 16.1 Å². The van der Waals surface area contributed by atoms with Gasteiger partial charge in [0.1, 0.15) is 0 Å². The van der Waals surface area contributed by atoms with Gasteiger partial charge >= 0.3 is 5.97 Å². The Morgan fingerprint density at radius 1 is 1.60 bits per heavy atom. The molecule has 0 aromatic carbocycles. The number of H-pyrrole nitrogens is 1. The number of carboxylic acids is 1. The van der Waals surface area contributed by atoms with Gasteiger partial charge in [0, 0.05) is 17.3 Å². The Labute approximate surface area is 83.6 Å². The summed E-state index contributed by atoms with van der Waals surface area (Å²) in [5, 5.41) is 8.50. The highest BCUT2D eigenvalue weighted by Gasteiger charge is 2.14. The molecule has 0 saturated heterocycles. The number of hydrogen-bond donors (Lipinski definition) is 2. The molecule has 1 aromatic heterocycles. The third kappa shape index (κ3) is 2.61. The first-order valence-corrected chi connectivity index (χ1v) is 4.14. The third-order valence-electron chi connectivity index (χ3n) is 1.97. The molecule has 1 heterocycles. The maximum atomic E-state index is 12.3. The summed E-state index contributed by atoms with van der Waals surface area (Å²) in [6.07, 6.45) is -3.28. The fraction of sp³-hybridized carbons (Fsp3) is 0.333. The monoisotopic (exact) mass is 217 g/mol. The van der Waals surface area contributed by atoms with E-state index >= 15 is 0 Å². The second kappa shape index (κ2) is 4.20. The number of aromatic nitrogens is 1. The number of aliphatic carboxylic acids is 1. The number of pyridine rings is 1. The molecule has 0 atom stereocenters. The van der Waals surface area contributed by atoms with Crippen molar-refractivity contribution in [1.82, 2.24) is 4.98 Å². The molecule has 15 heavy (non-hydrogen) atoms. The van der Waals surface area contributed by atoms with Gasteiger partial charge in [0.15, 0.2) is 5.43 Å². The topological polar surface area (TPSA) is 70.2 Å². The van der Waals surface area contributed by atoms with Gasteiger partial charge in [-0.05, 0) is 6.92 Å². The third-order valence-corrected chi connectivity index (χ3v) is 1.97. The van der Waals surface area contributed by atoms with Crippen LogP contribution in [0.25, 0.3) is 0 Å². The lowest BCUT2D eigenvalue weighted by molar-refractivity contribution is -0.136. The van der Waals surface area contributed by atoms with Crippen LogP contribution in [0, 0.1) is 6.92 Å². The van der Waals surface area contributed by atoms with Gasteiger partial charge in [-0.25, -0.2) is 8.78 Å². The van der Waals surface area contributed by atoms with Gasteiger partial charge in [0.25, 0.3) is 6.43 Å². The lowest BCUT2D eigenvalue weighted by atomic mass is 10.1. The fourth-order valence-electron chi connectivity index (χ4n) is 1.15. The summed E-state index contributed by atoms with van der Waals surface area (Å²) in [6.45, 7) is 1.40. The van der Waals surface area contributed by atoms with Crippen LogP contribution in [0.1, 0.15) is 23.4 Å². The summed E-state index contributed by atoms with van der Waals surface area (Å²) in [7, 11) is 0. The number of alkyl halides is 2. The molecule has 0 bridgehead atoms. The smallest absolute Gasteiger partial charge is 0.309 e. The SMILES string of the molecule is Cc1c(CC(=O)O)[nH]c(C(F)F)cc1=O. The van der Waals surface area contributed by atoms with Crippen LogP contribution in [-0.2, 0) is 11.2 Å². The summed E-state index contributed by atoms with van der Waals surface area (Å²) in [4.78, 5) is 23.9. The highest BCUT2D eigenvalue weighted by atomic mass is 19.3. The number of aromatic amines is 1. The lowest BCUT2D eigenvalue weighted by Crippen LogP contribution is -2.15. The number of carbonyl (C=O) groups is 1. The summed E-state index contributed by atoms with van der Waals surface area (Å²) < 4.78 is 24.6. The Morgan fingerprint density at radius 3 is 2.67 bits per heavy atom. The highest BCUT2D eigenvalue weighted by molar-refractivity contribution is 5.70. The molecule has 6 heteroatoms. The first kappa shape index (κ1) is 11.4. The normalized spacial score (nSPS) is 10.7. The summed E-state index contributed by atoms with van der Waals surface area (Å²) >= 11 is 0. The van der Waals surface area contributed by atoms with Crippen molar-refractivity contribution >= 4 is 5.97 Å². The Bertz CT molecular complexity index is 439. The molecule has 0 amide bonds. The van der Waals surface area contributed by atoms with Crippen LogP contribution in [0.3, 0.4) is 0 Å². The average Bonchev–Trinajstić information content (AvgIpc) is 2.11. The van der Waals surface area contributed by atoms with Crippen molar-refractivity contribution in [1.29, 1.82) is 0 Å². The van der Waals surface area contributed by atoms with E-state index in [1.165, 1.54) is 6.92 Å². The van der Waals surface area contributed by atoms with E-state index in [1.54, 1.807) is 0 Å². The maximum absolute atomic E-state index is 12.3. The van der Waals surface area contributed by atoms with Crippen molar-refractivity contribution in [2.75, 3.05) is 0 Å². The van der Waals surface area contributed by atoms with E-state index in [4.69, 9.17) is 5.11 Å². The van der Waals surface area contributed by atoms with Crippen LogP contribution in [0.5, 0.6) is 0 Å². The van der Waals surface area contributed by atoms with Gasteiger partial charge < -0.3 is 10.1 Å². The predicted octanol–water partition coefficient (Wildman–Crippen LogP) is 1.25. The lowest BCUT2D eigenvalue weighted by Gasteiger charge is -2.06. The zero-order valence-electron chi connectivity index (χ0n) is 7.88. The zero-order valence-corrected chi connectivity index (χ0v) is 7.88. The maximum Gasteiger partial charge on any atom is 0.309 e. The molecule has 1 rings (SSSR count). The Balaban J connectivity index is 3.25. The van der Waals surface area contributed by atoms with E-state index in [1.807, 2.05) is 0 Å². The standard InChI is InChI=1S/C9H9F2NO3/c1-4-5(3-8(14)15)12-6(9(10)11)2-7(4)13/h2,9H,3H2,1H3,(H,12,13)(H,14,15). The summed E-state index contributed by atoms with van der Waals surface area (Å²) in [5.74, 6) is -1.18. The van der Waals surface area contributed by atoms with Crippen molar-refractivity contribution in [2.24, 2.45) is 0 Å². The van der Waals surface area contributed by atoms with Crippen LogP contribution < -0.4 is 5.43 Å². The second-order valence-corrected chi connectivity index (χ2v) is 3.06. The first-order chi connectivity index (χ1) is 6.91. The quantitative estimate of drug-likeness (QED) is 0.800. The van der Waals surface area contributed by atoms with Crippen molar-refractivity contribution in [3.63, 3.8) is 0 Å². The zero-order chi connectivity index (χ0) is 11.6. The van der Waals surface area contributed by atoms with Crippen LogP contribution >= 0.6 is 0 Å². The molecule has 82 valence electrons. The second-order valence-electron chi connectivity index (χ2n) is 3.06. The molecule has 2 N–H and O–H groups in total. The van der Waals surface area contributed by atoms with Gasteiger partial charge in [0.05, 0.1) is 12.1 Å². The average molecular weight is 217 g/mol. The molecule has 0 radical (unpaired) electrons. The van der Waals surface area contributed by atoms with Crippen molar-refractivity contribution in [3.8, 4) is 0 Å². The summed E-state index contributed by atoms with van der Waals surface area (Å²) in [5.41, 5.74) is -0.964. The molecule has 0 aliphatic heterocycles.